The molecule has 1 amide bonds. The minimum atomic E-state index is -4.44. The number of hydrogen-bond donors (Lipinski definition) is 3. The third kappa shape index (κ3) is 3.72. The fraction of sp³-hybridized carbons (Fsp3) is 0.300. The summed E-state index contributed by atoms with van der Waals surface area (Å²) in [6.07, 6.45) is -2.29. The summed E-state index contributed by atoms with van der Waals surface area (Å²) >= 11 is 0. The molecule has 0 spiro atoms. The van der Waals surface area contributed by atoms with Gasteiger partial charge in [0.25, 0.3) is 5.56 Å². The number of halogens is 3. The third-order valence-corrected chi connectivity index (χ3v) is 5.05. The molecular formula is C20H18F3N5O2. The third-order valence-electron chi connectivity index (χ3n) is 5.05. The van der Waals surface area contributed by atoms with E-state index in [1.807, 2.05) is 0 Å². The molecule has 1 aliphatic rings. The summed E-state index contributed by atoms with van der Waals surface area (Å²) in [4.78, 5) is 35.8. The number of amides is 1. The van der Waals surface area contributed by atoms with Gasteiger partial charge in [-0.05, 0) is 31.0 Å². The number of alkyl halides is 3. The van der Waals surface area contributed by atoms with Crippen molar-refractivity contribution < 1.29 is 18.0 Å². The van der Waals surface area contributed by atoms with Gasteiger partial charge in [0.05, 0.1) is 17.0 Å². The second-order valence-electron chi connectivity index (χ2n) is 7.13. The van der Waals surface area contributed by atoms with E-state index in [1.54, 1.807) is 6.92 Å². The number of aromatic nitrogens is 3. The van der Waals surface area contributed by atoms with Crippen LogP contribution in [0.4, 0.5) is 19.0 Å². The molecule has 4 rings (SSSR count). The van der Waals surface area contributed by atoms with Crippen LogP contribution in [0.5, 0.6) is 0 Å². The zero-order valence-corrected chi connectivity index (χ0v) is 15.9. The van der Waals surface area contributed by atoms with Crippen molar-refractivity contribution in [2.45, 2.75) is 19.5 Å². The molecular weight excluding hydrogens is 399 g/mol. The number of nitrogens with zero attached hydrogens (tertiary/aromatic N) is 2. The Labute approximate surface area is 168 Å². The molecule has 0 radical (unpaired) electrons. The smallest absolute Gasteiger partial charge is 0.369 e. The number of anilines is 1. The van der Waals surface area contributed by atoms with E-state index in [0.29, 0.717) is 42.0 Å². The Balaban J connectivity index is 1.77. The van der Waals surface area contributed by atoms with Gasteiger partial charge in [-0.1, -0.05) is 12.1 Å². The molecule has 3 N–H and O–H groups in total. The van der Waals surface area contributed by atoms with E-state index in [0.717, 1.165) is 12.1 Å². The lowest BCUT2D eigenvalue weighted by Crippen LogP contribution is -2.25. The van der Waals surface area contributed by atoms with Gasteiger partial charge < -0.3 is 15.6 Å². The van der Waals surface area contributed by atoms with Crippen LogP contribution in [0, 0.1) is 12.8 Å². The highest BCUT2D eigenvalue weighted by molar-refractivity contribution is 5.98. The first kappa shape index (κ1) is 19.9. The number of H-pyrrole nitrogens is 1. The minimum absolute atomic E-state index is 0.0592. The van der Waals surface area contributed by atoms with Gasteiger partial charge in [0.15, 0.2) is 0 Å². The van der Waals surface area contributed by atoms with Gasteiger partial charge in [-0.3, -0.25) is 9.59 Å². The topological polar surface area (TPSA) is 99.8 Å². The lowest BCUT2D eigenvalue weighted by atomic mass is 10.0. The van der Waals surface area contributed by atoms with Crippen molar-refractivity contribution in [2.75, 3.05) is 18.4 Å². The van der Waals surface area contributed by atoms with Crippen molar-refractivity contribution >= 4 is 22.6 Å². The first-order valence-corrected chi connectivity index (χ1v) is 9.33. The number of rotatable bonds is 4. The van der Waals surface area contributed by atoms with E-state index in [2.05, 4.69) is 25.6 Å². The predicted molar refractivity (Wildman–Crippen MR) is 105 cm³/mol. The van der Waals surface area contributed by atoms with Crippen LogP contribution in [0.3, 0.4) is 0 Å². The molecule has 156 valence electrons. The number of carbonyl (C=O) groups excluding carboxylic acids is 1. The minimum Gasteiger partial charge on any atom is -0.369 e. The largest absolute Gasteiger partial charge is 0.416 e. The molecule has 1 atom stereocenters. The molecule has 2 aromatic heterocycles. The molecule has 7 nitrogen and oxygen atoms in total. The van der Waals surface area contributed by atoms with E-state index >= 15 is 0 Å². The number of aryl methyl sites for hydroxylation is 1. The van der Waals surface area contributed by atoms with Crippen molar-refractivity contribution in [2.24, 2.45) is 5.92 Å². The molecule has 0 aliphatic carbocycles. The van der Waals surface area contributed by atoms with E-state index < -0.39 is 17.3 Å². The molecule has 1 aromatic carbocycles. The Morgan fingerprint density at radius 1 is 1.20 bits per heavy atom. The lowest BCUT2D eigenvalue weighted by molar-refractivity contribution is -0.137. The molecule has 1 unspecified atom stereocenters. The fourth-order valence-corrected chi connectivity index (χ4v) is 3.50. The van der Waals surface area contributed by atoms with Gasteiger partial charge in [-0.25, -0.2) is 9.97 Å². The maximum atomic E-state index is 12.9. The van der Waals surface area contributed by atoms with Crippen molar-refractivity contribution in [1.82, 2.24) is 20.3 Å². The molecule has 3 aromatic rings. The second-order valence-corrected chi connectivity index (χ2v) is 7.13. The van der Waals surface area contributed by atoms with Gasteiger partial charge in [0, 0.05) is 24.8 Å². The number of pyridine rings is 1. The first-order valence-electron chi connectivity index (χ1n) is 9.33. The highest BCUT2D eigenvalue weighted by Crippen LogP contribution is 2.33. The van der Waals surface area contributed by atoms with Crippen LogP contribution in [0.25, 0.3) is 22.0 Å². The quantitative estimate of drug-likeness (QED) is 0.606. The van der Waals surface area contributed by atoms with Gasteiger partial charge in [0.1, 0.15) is 17.0 Å². The highest BCUT2D eigenvalue weighted by atomic mass is 19.4. The summed E-state index contributed by atoms with van der Waals surface area (Å²) in [6, 6.07) is 4.61. The van der Waals surface area contributed by atoms with E-state index in [-0.39, 0.29) is 23.0 Å². The summed E-state index contributed by atoms with van der Waals surface area (Å²) < 4.78 is 38.6. The first-order chi connectivity index (χ1) is 14.2. The Morgan fingerprint density at radius 3 is 2.57 bits per heavy atom. The number of fused-ring (bicyclic) bond motifs is 1. The van der Waals surface area contributed by atoms with Crippen LogP contribution in [-0.2, 0) is 11.0 Å². The van der Waals surface area contributed by atoms with E-state index in [1.165, 1.54) is 18.3 Å². The van der Waals surface area contributed by atoms with Crippen molar-refractivity contribution in [3.63, 3.8) is 0 Å². The van der Waals surface area contributed by atoms with Crippen molar-refractivity contribution in [1.29, 1.82) is 0 Å². The van der Waals surface area contributed by atoms with Crippen LogP contribution >= 0.6 is 0 Å². The van der Waals surface area contributed by atoms with Crippen molar-refractivity contribution in [3.8, 4) is 11.1 Å². The molecule has 0 saturated carbocycles. The normalized spacial score (nSPS) is 16.7. The standard InChI is InChI=1S/C20H18F3N5O2/c1-10-27-16-14(11-2-4-13(5-3-11)20(21,22)23)9-26-17(15(16)19(30)28-10)25-8-12-6-7-24-18(12)29/h2-5,9,12H,6-8H2,1H3,(H,24,29)(H,25,26)(H,27,28,30). The van der Waals surface area contributed by atoms with Gasteiger partial charge in [0.2, 0.25) is 5.91 Å². The summed E-state index contributed by atoms with van der Waals surface area (Å²) in [7, 11) is 0. The molecule has 1 aliphatic heterocycles. The van der Waals surface area contributed by atoms with E-state index in [4.69, 9.17) is 0 Å². The lowest BCUT2D eigenvalue weighted by Gasteiger charge is -2.14. The van der Waals surface area contributed by atoms with Crippen LogP contribution in [-0.4, -0.2) is 33.9 Å². The SMILES string of the molecule is Cc1nc2c(-c3ccc(C(F)(F)F)cc3)cnc(NCC3CCNC3=O)c2c(=O)[nH]1. The van der Waals surface area contributed by atoms with Gasteiger partial charge in [-0.15, -0.1) is 0 Å². The fourth-order valence-electron chi connectivity index (χ4n) is 3.50. The molecule has 3 heterocycles. The van der Waals surface area contributed by atoms with Crippen LogP contribution < -0.4 is 16.2 Å². The molecule has 1 saturated heterocycles. The average molecular weight is 417 g/mol. The van der Waals surface area contributed by atoms with E-state index in [9.17, 15) is 22.8 Å². The Kier molecular flexibility index (Phi) is 4.92. The number of nitrogens with one attached hydrogen (secondary N) is 3. The van der Waals surface area contributed by atoms with Gasteiger partial charge >= 0.3 is 6.18 Å². The van der Waals surface area contributed by atoms with Crippen LogP contribution in [0.1, 0.15) is 17.8 Å². The number of aromatic amines is 1. The summed E-state index contributed by atoms with van der Waals surface area (Å²) in [5.74, 6) is 0.354. The van der Waals surface area contributed by atoms with Crippen LogP contribution in [0.2, 0.25) is 0 Å². The zero-order chi connectivity index (χ0) is 21.5. The molecule has 10 heteroatoms. The monoisotopic (exact) mass is 417 g/mol. The Bertz CT molecular complexity index is 1170. The molecule has 0 bridgehead atoms. The number of hydrogen-bond acceptors (Lipinski definition) is 5. The maximum absolute atomic E-state index is 12.9. The Hall–Kier alpha value is -3.43. The summed E-state index contributed by atoms with van der Waals surface area (Å²) in [5, 5.41) is 5.99. The number of carbonyl (C=O) groups is 1. The maximum Gasteiger partial charge on any atom is 0.416 e. The van der Waals surface area contributed by atoms with Crippen LogP contribution in [0.15, 0.2) is 35.3 Å². The zero-order valence-electron chi connectivity index (χ0n) is 15.9. The second kappa shape index (κ2) is 7.43. The molecule has 30 heavy (non-hydrogen) atoms. The summed E-state index contributed by atoms with van der Waals surface area (Å²) in [6.45, 7) is 2.53. The Morgan fingerprint density at radius 2 is 1.93 bits per heavy atom. The summed E-state index contributed by atoms with van der Waals surface area (Å²) in [5.41, 5.74) is 0.0388. The van der Waals surface area contributed by atoms with Crippen molar-refractivity contribution in [3.05, 3.63) is 52.2 Å². The van der Waals surface area contributed by atoms with Gasteiger partial charge in [-0.2, -0.15) is 13.2 Å². The predicted octanol–water partition coefficient (Wildman–Crippen LogP) is 2.86. The molecule has 1 fully saturated rings. The average Bonchev–Trinajstić information content (AvgIpc) is 3.10. The highest BCUT2D eigenvalue weighted by Gasteiger charge is 2.30. The number of benzene rings is 1.